The van der Waals surface area contributed by atoms with Crippen molar-refractivity contribution in [1.29, 1.82) is 0 Å². The molecular formula is C7H13N3O2. The van der Waals surface area contributed by atoms with Crippen molar-refractivity contribution in [3.05, 3.63) is 11.7 Å². The van der Waals surface area contributed by atoms with Gasteiger partial charge in [-0.3, -0.25) is 0 Å². The summed E-state index contributed by atoms with van der Waals surface area (Å²) >= 11 is 0. The lowest BCUT2D eigenvalue weighted by atomic mass is 10.3. The molecule has 12 heavy (non-hydrogen) atoms. The van der Waals surface area contributed by atoms with Crippen molar-refractivity contribution in [3.8, 4) is 0 Å². The van der Waals surface area contributed by atoms with E-state index in [2.05, 4.69) is 10.1 Å². The van der Waals surface area contributed by atoms with E-state index in [1.165, 1.54) is 0 Å². The molecule has 1 heterocycles. The molecule has 0 saturated carbocycles. The first-order valence-electron chi connectivity index (χ1n) is 3.93. The van der Waals surface area contributed by atoms with Gasteiger partial charge in [0.15, 0.2) is 5.82 Å². The summed E-state index contributed by atoms with van der Waals surface area (Å²) in [5.41, 5.74) is 5.51. The van der Waals surface area contributed by atoms with Crippen LogP contribution in [-0.2, 0) is 6.42 Å². The first kappa shape index (κ1) is 9.15. The fraction of sp³-hybridized carbons (Fsp3) is 0.714. The number of aryl methyl sites for hydroxylation is 1. The maximum absolute atomic E-state index is 8.53. The second-order valence-electron chi connectivity index (χ2n) is 2.66. The van der Waals surface area contributed by atoms with Gasteiger partial charge in [0.25, 0.3) is 0 Å². The number of hydrogen-bond donors (Lipinski definition) is 2. The van der Waals surface area contributed by atoms with E-state index in [9.17, 15) is 0 Å². The zero-order valence-electron chi connectivity index (χ0n) is 7.03. The third kappa shape index (κ3) is 2.28. The first-order chi connectivity index (χ1) is 5.74. The van der Waals surface area contributed by atoms with Crippen molar-refractivity contribution in [1.82, 2.24) is 10.1 Å². The van der Waals surface area contributed by atoms with Gasteiger partial charge in [-0.2, -0.15) is 4.98 Å². The number of aliphatic hydroxyl groups is 1. The molecule has 0 amide bonds. The molecule has 1 atom stereocenters. The number of aromatic nitrogens is 2. The third-order valence-corrected chi connectivity index (χ3v) is 1.43. The predicted octanol–water partition coefficient (Wildman–Crippen LogP) is 0.0142. The quantitative estimate of drug-likeness (QED) is 0.666. The molecule has 1 rings (SSSR count). The number of aliphatic hydroxyl groups excluding tert-OH is 1. The minimum absolute atomic E-state index is 0.141. The average Bonchev–Trinajstić information content (AvgIpc) is 2.48. The van der Waals surface area contributed by atoms with Gasteiger partial charge in [-0.1, -0.05) is 5.16 Å². The summed E-state index contributed by atoms with van der Waals surface area (Å²) in [6, 6.07) is -0.222. The van der Waals surface area contributed by atoms with Crippen LogP contribution in [0.25, 0.3) is 0 Å². The number of nitrogens with two attached hydrogens (primary N) is 1. The van der Waals surface area contributed by atoms with Crippen LogP contribution in [0.2, 0.25) is 0 Å². The van der Waals surface area contributed by atoms with Gasteiger partial charge in [-0.15, -0.1) is 0 Å². The van der Waals surface area contributed by atoms with Crippen molar-refractivity contribution in [2.75, 3.05) is 6.61 Å². The van der Waals surface area contributed by atoms with E-state index in [0.717, 1.165) is 0 Å². The molecular weight excluding hydrogens is 158 g/mol. The monoisotopic (exact) mass is 171 g/mol. The molecule has 5 nitrogen and oxygen atoms in total. The summed E-state index contributed by atoms with van der Waals surface area (Å²) in [6.45, 7) is 1.92. The Morgan fingerprint density at radius 3 is 2.92 bits per heavy atom. The molecule has 0 saturated heterocycles. The van der Waals surface area contributed by atoms with Crippen molar-refractivity contribution >= 4 is 0 Å². The molecule has 5 heteroatoms. The van der Waals surface area contributed by atoms with Crippen LogP contribution in [-0.4, -0.2) is 21.9 Å². The lowest BCUT2D eigenvalue weighted by molar-refractivity contribution is 0.286. The van der Waals surface area contributed by atoms with E-state index in [0.29, 0.717) is 24.6 Å². The molecule has 0 radical (unpaired) electrons. The van der Waals surface area contributed by atoms with E-state index in [1.807, 2.05) is 0 Å². The van der Waals surface area contributed by atoms with Gasteiger partial charge in [0.2, 0.25) is 5.89 Å². The lowest BCUT2D eigenvalue weighted by Crippen LogP contribution is -2.05. The summed E-state index contributed by atoms with van der Waals surface area (Å²) < 4.78 is 4.86. The van der Waals surface area contributed by atoms with Gasteiger partial charge in [-0.05, 0) is 13.3 Å². The van der Waals surface area contributed by atoms with Crippen LogP contribution in [0.15, 0.2) is 4.52 Å². The van der Waals surface area contributed by atoms with E-state index < -0.39 is 0 Å². The van der Waals surface area contributed by atoms with E-state index in [4.69, 9.17) is 15.4 Å². The van der Waals surface area contributed by atoms with Crippen LogP contribution >= 0.6 is 0 Å². The topological polar surface area (TPSA) is 85.2 Å². The Bertz CT molecular complexity index is 234. The van der Waals surface area contributed by atoms with Crippen LogP contribution in [0.1, 0.15) is 31.1 Å². The summed E-state index contributed by atoms with van der Waals surface area (Å²) in [5, 5.41) is 12.2. The Hall–Kier alpha value is -0.940. The Balaban J connectivity index is 2.52. The molecule has 0 aliphatic rings. The maximum atomic E-state index is 8.53. The fourth-order valence-corrected chi connectivity index (χ4v) is 0.791. The van der Waals surface area contributed by atoms with E-state index in [-0.39, 0.29) is 12.6 Å². The molecule has 0 aromatic carbocycles. The number of rotatable bonds is 4. The standard InChI is InChI=1S/C7H13N3O2/c1-5(8)7-9-6(10-12-7)3-2-4-11/h5,11H,2-4,8H2,1H3. The average molecular weight is 171 g/mol. The van der Waals surface area contributed by atoms with Crippen LogP contribution in [0.5, 0.6) is 0 Å². The van der Waals surface area contributed by atoms with Gasteiger partial charge >= 0.3 is 0 Å². The highest BCUT2D eigenvalue weighted by atomic mass is 16.5. The summed E-state index contributed by atoms with van der Waals surface area (Å²) in [7, 11) is 0. The van der Waals surface area contributed by atoms with Gasteiger partial charge in [-0.25, -0.2) is 0 Å². The predicted molar refractivity (Wildman–Crippen MR) is 42.3 cm³/mol. The summed E-state index contributed by atoms with van der Waals surface area (Å²) in [4.78, 5) is 4.03. The number of nitrogens with zero attached hydrogens (tertiary/aromatic N) is 2. The first-order valence-corrected chi connectivity index (χ1v) is 3.93. The zero-order chi connectivity index (χ0) is 8.97. The molecule has 1 unspecified atom stereocenters. The number of hydrogen-bond acceptors (Lipinski definition) is 5. The molecule has 3 N–H and O–H groups in total. The molecule has 68 valence electrons. The molecule has 1 aromatic rings. The Labute approximate surface area is 70.6 Å². The van der Waals surface area contributed by atoms with Crippen LogP contribution in [0.4, 0.5) is 0 Å². The third-order valence-electron chi connectivity index (χ3n) is 1.43. The van der Waals surface area contributed by atoms with E-state index in [1.54, 1.807) is 6.92 Å². The molecule has 0 bridgehead atoms. The van der Waals surface area contributed by atoms with Crippen LogP contribution < -0.4 is 5.73 Å². The van der Waals surface area contributed by atoms with Gasteiger partial charge < -0.3 is 15.4 Å². The summed E-state index contributed by atoms with van der Waals surface area (Å²) in [5.74, 6) is 1.05. The van der Waals surface area contributed by atoms with Crippen molar-refractivity contribution in [2.45, 2.75) is 25.8 Å². The lowest BCUT2D eigenvalue weighted by Gasteiger charge is -1.92. The largest absolute Gasteiger partial charge is 0.396 e. The second-order valence-corrected chi connectivity index (χ2v) is 2.66. The SMILES string of the molecule is CC(N)c1nc(CCCO)no1. The zero-order valence-corrected chi connectivity index (χ0v) is 7.03. The minimum atomic E-state index is -0.222. The van der Waals surface area contributed by atoms with Gasteiger partial charge in [0, 0.05) is 13.0 Å². The second kappa shape index (κ2) is 4.18. The van der Waals surface area contributed by atoms with E-state index >= 15 is 0 Å². The summed E-state index contributed by atoms with van der Waals surface area (Å²) in [6.07, 6.45) is 1.28. The molecule has 0 fully saturated rings. The highest BCUT2D eigenvalue weighted by molar-refractivity contribution is 4.89. The van der Waals surface area contributed by atoms with Crippen molar-refractivity contribution < 1.29 is 9.63 Å². The minimum Gasteiger partial charge on any atom is -0.396 e. The van der Waals surface area contributed by atoms with Crippen LogP contribution in [0, 0.1) is 0 Å². The highest BCUT2D eigenvalue weighted by Crippen LogP contribution is 2.06. The van der Waals surface area contributed by atoms with Crippen molar-refractivity contribution in [2.24, 2.45) is 5.73 Å². The highest BCUT2D eigenvalue weighted by Gasteiger charge is 2.08. The van der Waals surface area contributed by atoms with Crippen LogP contribution in [0.3, 0.4) is 0 Å². The van der Waals surface area contributed by atoms with Gasteiger partial charge in [0.05, 0.1) is 6.04 Å². The Morgan fingerprint density at radius 2 is 2.42 bits per heavy atom. The molecule has 0 aliphatic carbocycles. The van der Waals surface area contributed by atoms with Gasteiger partial charge in [0.1, 0.15) is 0 Å². The Morgan fingerprint density at radius 1 is 1.67 bits per heavy atom. The molecule has 0 aliphatic heterocycles. The molecule has 0 spiro atoms. The fourth-order valence-electron chi connectivity index (χ4n) is 0.791. The maximum Gasteiger partial charge on any atom is 0.243 e. The molecule has 1 aromatic heterocycles. The smallest absolute Gasteiger partial charge is 0.243 e. The van der Waals surface area contributed by atoms with Crippen molar-refractivity contribution in [3.63, 3.8) is 0 Å². The normalized spacial score (nSPS) is 13.2. The Kier molecular flexibility index (Phi) is 3.19.